The van der Waals surface area contributed by atoms with Gasteiger partial charge in [-0.3, -0.25) is 9.69 Å². The van der Waals surface area contributed by atoms with Crippen LogP contribution in [0, 0.1) is 5.92 Å². The molecule has 1 saturated carbocycles. The highest BCUT2D eigenvalue weighted by Crippen LogP contribution is 2.32. The van der Waals surface area contributed by atoms with E-state index in [1.807, 2.05) is 0 Å². The van der Waals surface area contributed by atoms with Crippen LogP contribution < -0.4 is 0 Å². The Labute approximate surface area is 123 Å². The van der Waals surface area contributed by atoms with Crippen LogP contribution in [0.15, 0.2) is 0 Å². The normalized spacial score (nSPS) is 37.0. The van der Waals surface area contributed by atoms with Gasteiger partial charge in [0.25, 0.3) is 0 Å². The van der Waals surface area contributed by atoms with E-state index < -0.39 is 0 Å². The first-order valence-corrected chi connectivity index (χ1v) is 8.73. The molecule has 0 aromatic heterocycles. The maximum Gasteiger partial charge on any atom is 0.137 e. The van der Waals surface area contributed by atoms with Crippen LogP contribution in [0.25, 0.3) is 0 Å². The number of Topliss-reactive ketones (excluding diaryl/α,β-unsaturated/α-hetero) is 1. The van der Waals surface area contributed by atoms with E-state index in [2.05, 4.69) is 4.90 Å². The molecule has 3 atom stereocenters. The average molecular weight is 279 g/mol. The Kier molecular flexibility index (Phi) is 5.11. The molecule has 2 aliphatic heterocycles. The van der Waals surface area contributed by atoms with Gasteiger partial charge in [0.15, 0.2) is 0 Å². The Bertz CT molecular complexity index is 325. The summed E-state index contributed by atoms with van der Waals surface area (Å²) >= 11 is 0. The zero-order chi connectivity index (χ0) is 13.8. The second-order valence-corrected chi connectivity index (χ2v) is 6.87. The van der Waals surface area contributed by atoms with E-state index >= 15 is 0 Å². The van der Waals surface area contributed by atoms with Gasteiger partial charge in [0.1, 0.15) is 5.78 Å². The number of nitrogens with zero attached hydrogens (tertiary/aromatic N) is 1. The van der Waals surface area contributed by atoms with E-state index in [4.69, 9.17) is 4.74 Å². The fourth-order valence-corrected chi connectivity index (χ4v) is 4.33. The molecule has 3 aliphatic rings. The Morgan fingerprint density at radius 3 is 2.65 bits per heavy atom. The van der Waals surface area contributed by atoms with Gasteiger partial charge in [-0.1, -0.05) is 12.8 Å². The number of carbonyl (C=O) groups is 1. The van der Waals surface area contributed by atoms with E-state index in [0.717, 1.165) is 32.4 Å². The third-order valence-corrected chi connectivity index (χ3v) is 5.44. The van der Waals surface area contributed by atoms with Crippen LogP contribution in [0.3, 0.4) is 0 Å². The minimum absolute atomic E-state index is 0.327. The SMILES string of the molecule is O=C1CCCCC1C1CCCCN1CC1CCCCO1. The van der Waals surface area contributed by atoms with Crippen LogP contribution in [-0.2, 0) is 9.53 Å². The quantitative estimate of drug-likeness (QED) is 0.794. The summed E-state index contributed by atoms with van der Waals surface area (Å²) < 4.78 is 5.92. The lowest BCUT2D eigenvalue weighted by atomic mass is 9.79. The zero-order valence-corrected chi connectivity index (χ0v) is 12.7. The number of piperidine rings is 1. The Morgan fingerprint density at radius 1 is 1.00 bits per heavy atom. The van der Waals surface area contributed by atoms with E-state index in [1.54, 1.807) is 0 Å². The van der Waals surface area contributed by atoms with Crippen LogP contribution in [0.4, 0.5) is 0 Å². The molecule has 20 heavy (non-hydrogen) atoms. The number of ether oxygens (including phenoxy) is 1. The monoisotopic (exact) mass is 279 g/mol. The number of carbonyl (C=O) groups excluding carboxylic acids is 1. The molecule has 1 aliphatic carbocycles. The highest BCUT2D eigenvalue weighted by Gasteiger charge is 2.36. The summed E-state index contributed by atoms with van der Waals surface area (Å²) in [6.07, 6.45) is 12.3. The summed E-state index contributed by atoms with van der Waals surface area (Å²) in [7, 11) is 0. The summed E-state index contributed by atoms with van der Waals surface area (Å²) in [5.41, 5.74) is 0. The summed E-state index contributed by atoms with van der Waals surface area (Å²) in [4.78, 5) is 14.9. The van der Waals surface area contributed by atoms with Gasteiger partial charge < -0.3 is 4.74 Å². The van der Waals surface area contributed by atoms with Crippen LogP contribution >= 0.6 is 0 Å². The zero-order valence-electron chi connectivity index (χ0n) is 12.7. The molecule has 3 heteroatoms. The summed E-state index contributed by atoms with van der Waals surface area (Å²) in [6, 6.07) is 0.516. The van der Waals surface area contributed by atoms with Crippen molar-refractivity contribution in [2.24, 2.45) is 5.92 Å². The van der Waals surface area contributed by atoms with Crippen LogP contribution in [-0.4, -0.2) is 42.5 Å². The molecular formula is C17H29NO2. The summed E-state index contributed by atoms with van der Waals surface area (Å²) in [5, 5.41) is 0. The Hall–Kier alpha value is -0.410. The summed E-state index contributed by atoms with van der Waals surface area (Å²) in [6.45, 7) is 3.17. The predicted octanol–water partition coefficient (Wildman–Crippen LogP) is 3.17. The molecule has 0 bridgehead atoms. The van der Waals surface area contributed by atoms with Gasteiger partial charge >= 0.3 is 0 Å². The number of likely N-dealkylation sites (tertiary alicyclic amines) is 1. The molecule has 3 fully saturated rings. The van der Waals surface area contributed by atoms with Gasteiger partial charge in [-0.25, -0.2) is 0 Å². The lowest BCUT2D eigenvalue weighted by Gasteiger charge is -2.43. The standard InChI is InChI=1S/C17H29NO2/c19-17-10-2-1-8-15(17)16-9-3-5-11-18(16)13-14-7-4-6-12-20-14/h14-16H,1-13H2. The molecule has 3 unspecified atom stereocenters. The van der Waals surface area contributed by atoms with Crippen LogP contribution in [0.1, 0.15) is 64.2 Å². The van der Waals surface area contributed by atoms with Gasteiger partial charge in [-0.05, 0) is 51.5 Å². The maximum atomic E-state index is 12.3. The second kappa shape index (κ2) is 7.04. The lowest BCUT2D eigenvalue weighted by molar-refractivity contribution is -0.128. The third-order valence-electron chi connectivity index (χ3n) is 5.44. The fraction of sp³-hybridized carbons (Fsp3) is 0.941. The van der Waals surface area contributed by atoms with Crippen molar-refractivity contribution in [2.75, 3.05) is 19.7 Å². The molecule has 0 N–H and O–H groups in total. The first-order chi connectivity index (χ1) is 9.84. The number of hydrogen-bond donors (Lipinski definition) is 0. The van der Waals surface area contributed by atoms with Crippen molar-refractivity contribution in [1.29, 1.82) is 0 Å². The second-order valence-electron chi connectivity index (χ2n) is 6.87. The van der Waals surface area contributed by atoms with Gasteiger partial charge in [-0.2, -0.15) is 0 Å². The van der Waals surface area contributed by atoms with Crippen molar-refractivity contribution in [1.82, 2.24) is 4.90 Å². The molecule has 114 valence electrons. The van der Waals surface area contributed by atoms with Gasteiger partial charge in [0, 0.05) is 31.5 Å². The smallest absolute Gasteiger partial charge is 0.137 e. The summed E-state index contributed by atoms with van der Waals surface area (Å²) in [5.74, 6) is 0.866. The Balaban J connectivity index is 1.62. The molecule has 0 radical (unpaired) electrons. The molecule has 2 saturated heterocycles. The van der Waals surface area contributed by atoms with Crippen molar-refractivity contribution < 1.29 is 9.53 Å². The number of ketones is 1. The molecular weight excluding hydrogens is 250 g/mol. The largest absolute Gasteiger partial charge is 0.377 e. The van der Waals surface area contributed by atoms with E-state index in [-0.39, 0.29) is 0 Å². The highest BCUT2D eigenvalue weighted by molar-refractivity contribution is 5.82. The van der Waals surface area contributed by atoms with E-state index in [0.29, 0.717) is 23.8 Å². The number of hydrogen-bond acceptors (Lipinski definition) is 3. The Morgan fingerprint density at radius 2 is 1.85 bits per heavy atom. The van der Waals surface area contributed by atoms with Crippen LogP contribution in [0.5, 0.6) is 0 Å². The minimum atomic E-state index is 0.327. The van der Waals surface area contributed by atoms with Gasteiger partial charge in [0.2, 0.25) is 0 Å². The molecule has 3 rings (SSSR count). The van der Waals surface area contributed by atoms with E-state index in [1.165, 1.54) is 51.5 Å². The van der Waals surface area contributed by atoms with Crippen molar-refractivity contribution in [3.8, 4) is 0 Å². The molecule has 0 amide bonds. The van der Waals surface area contributed by atoms with Crippen molar-refractivity contribution >= 4 is 5.78 Å². The van der Waals surface area contributed by atoms with Crippen molar-refractivity contribution in [3.05, 3.63) is 0 Å². The first-order valence-electron chi connectivity index (χ1n) is 8.73. The maximum absolute atomic E-state index is 12.3. The first kappa shape index (κ1) is 14.5. The fourth-order valence-electron chi connectivity index (χ4n) is 4.33. The molecule has 0 aromatic carbocycles. The van der Waals surface area contributed by atoms with Crippen LogP contribution in [0.2, 0.25) is 0 Å². The minimum Gasteiger partial charge on any atom is -0.377 e. The van der Waals surface area contributed by atoms with E-state index in [9.17, 15) is 4.79 Å². The third kappa shape index (κ3) is 3.43. The molecule has 2 heterocycles. The molecule has 0 aromatic rings. The predicted molar refractivity (Wildman–Crippen MR) is 79.8 cm³/mol. The van der Waals surface area contributed by atoms with Gasteiger partial charge in [0.05, 0.1) is 6.10 Å². The molecule has 3 nitrogen and oxygen atoms in total. The van der Waals surface area contributed by atoms with Crippen molar-refractivity contribution in [2.45, 2.75) is 76.4 Å². The van der Waals surface area contributed by atoms with Gasteiger partial charge in [-0.15, -0.1) is 0 Å². The van der Waals surface area contributed by atoms with Crippen molar-refractivity contribution in [3.63, 3.8) is 0 Å². The topological polar surface area (TPSA) is 29.5 Å². The molecule has 0 spiro atoms. The average Bonchev–Trinajstić information content (AvgIpc) is 2.50. The highest BCUT2D eigenvalue weighted by atomic mass is 16.5. The number of rotatable bonds is 3. The lowest BCUT2D eigenvalue weighted by Crippen LogP contribution is -2.50.